The zero-order valence-electron chi connectivity index (χ0n) is 24.4. The molecule has 6 rings (SSSR count). The van der Waals surface area contributed by atoms with Gasteiger partial charge in [-0.2, -0.15) is 4.98 Å². The number of hydrogen-bond acceptors (Lipinski definition) is 4. The van der Waals surface area contributed by atoms with E-state index in [-0.39, 0.29) is 16.6 Å². The highest BCUT2D eigenvalue weighted by molar-refractivity contribution is 6.09. The SMILES string of the molecule is CC(C)(C)c1cc(-c2cccc(Oc3cccc(-n4c5ccccc5c5ccccc54)n3)n2)c(O)c(C(C)(C)C)c1. The summed E-state index contributed by atoms with van der Waals surface area (Å²) in [5, 5.41) is 13.7. The Morgan fingerprint density at radius 3 is 1.83 bits per heavy atom. The lowest BCUT2D eigenvalue weighted by molar-refractivity contribution is 0.442. The molecule has 206 valence electrons. The maximum absolute atomic E-state index is 11.4. The van der Waals surface area contributed by atoms with Gasteiger partial charge in [0.05, 0.1) is 16.7 Å². The van der Waals surface area contributed by atoms with Gasteiger partial charge in [0.2, 0.25) is 11.8 Å². The van der Waals surface area contributed by atoms with E-state index in [4.69, 9.17) is 14.7 Å². The third-order valence-electron chi connectivity index (χ3n) is 7.51. The Bertz CT molecular complexity index is 1850. The Morgan fingerprint density at radius 1 is 0.634 bits per heavy atom. The van der Waals surface area contributed by atoms with Gasteiger partial charge in [0.25, 0.3) is 0 Å². The van der Waals surface area contributed by atoms with Gasteiger partial charge in [-0.15, -0.1) is 0 Å². The molecule has 3 aromatic heterocycles. The molecule has 0 saturated heterocycles. The zero-order valence-corrected chi connectivity index (χ0v) is 24.4. The minimum absolute atomic E-state index is 0.0896. The van der Waals surface area contributed by atoms with Crippen LogP contribution in [0.25, 0.3) is 38.9 Å². The van der Waals surface area contributed by atoms with Crippen LogP contribution in [0.4, 0.5) is 0 Å². The molecule has 0 atom stereocenters. The van der Waals surface area contributed by atoms with E-state index < -0.39 is 0 Å². The van der Waals surface area contributed by atoms with Crippen LogP contribution in [-0.4, -0.2) is 19.6 Å². The van der Waals surface area contributed by atoms with Crippen LogP contribution in [0.5, 0.6) is 17.5 Å². The average molecular weight is 542 g/mol. The molecule has 0 spiro atoms. The van der Waals surface area contributed by atoms with Gasteiger partial charge in [-0.1, -0.05) is 96.1 Å². The van der Waals surface area contributed by atoms with E-state index in [1.165, 1.54) is 10.8 Å². The van der Waals surface area contributed by atoms with Crippen LogP contribution in [0.3, 0.4) is 0 Å². The van der Waals surface area contributed by atoms with Crippen molar-refractivity contribution in [3.8, 4) is 34.6 Å². The second kappa shape index (κ2) is 9.77. The summed E-state index contributed by atoms with van der Waals surface area (Å²) in [7, 11) is 0. The van der Waals surface area contributed by atoms with Crippen molar-refractivity contribution >= 4 is 21.8 Å². The summed E-state index contributed by atoms with van der Waals surface area (Å²) in [6.07, 6.45) is 0. The fourth-order valence-corrected chi connectivity index (χ4v) is 5.32. The Kier molecular flexibility index (Phi) is 6.33. The molecule has 5 heteroatoms. The monoisotopic (exact) mass is 541 g/mol. The molecule has 41 heavy (non-hydrogen) atoms. The second-order valence-corrected chi connectivity index (χ2v) is 12.6. The van der Waals surface area contributed by atoms with Crippen LogP contribution in [-0.2, 0) is 10.8 Å². The van der Waals surface area contributed by atoms with Crippen LogP contribution in [0.15, 0.2) is 97.1 Å². The molecule has 1 N–H and O–H groups in total. The number of benzene rings is 3. The van der Waals surface area contributed by atoms with Crippen molar-refractivity contribution in [2.75, 3.05) is 0 Å². The fourth-order valence-electron chi connectivity index (χ4n) is 5.32. The molecule has 0 amide bonds. The first-order chi connectivity index (χ1) is 19.5. The number of aromatic hydroxyl groups is 1. The number of phenolic OH excluding ortho intramolecular Hbond substituents is 1. The molecule has 0 unspecified atom stereocenters. The van der Waals surface area contributed by atoms with E-state index in [1.54, 1.807) is 0 Å². The summed E-state index contributed by atoms with van der Waals surface area (Å²) in [6.45, 7) is 12.9. The summed E-state index contributed by atoms with van der Waals surface area (Å²) >= 11 is 0. The van der Waals surface area contributed by atoms with Crippen molar-refractivity contribution in [3.05, 3.63) is 108 Å². The largest absolute Gasteiger partial charge is 0.507 e. The zero-order chi connectivity index (χ0) is 28.9. The molecule has 0 bridgehead atoms. The number of pyridine rings is 2. The molecule has 3 aromatic carbocycles. The van der Waals surface area contributed by atoms with Crippen LogP contribution in [0, 0.1) is 0 Å². The Labute approximate surface area is 241 Å². The van der Waals surface area contributed by atoms with Gasteiger partial charge in [-0.05, 0) is 46.7 Å². The highest BCUT2D eigenvalue weighted by Gasteiger charge is 2.26. The minimum atomic E-state index is -0.231. The number of rotatable bonds is 4. The summed E-state index contributed by atoms with van der Waals surface area (Å²) in [5.74, 6) is 1.87. The predicted octanol–water partition coefficient (Wildman–Crippen LogP) is 9.33. The number of fused-ring (bicyclic) bond motifs is 3. The first-order valence-electron chi connectivity index (χ1n) is 14.0. The minimum Gasteiger partial charge on any atom is -0.507 e. The van der Waals surface area contributed by atoms with Gasteiger partial charge in [0.15, 0.2) is 0 Å². The van der Waals surface area contributed by atoms with Crippen molar-refractivity contribution in [2.24, 2.45) is 0 Å². The number of hydrogen-bond donors (Lipinski definition) is 1. The van der Waals surface area contributed by atoms with Gasteiger partial charge < -0.3 is 9.84 Å². The van der Waals surface area contributed by atoms with Crippen LogP contribution in [0.1, 0.15) is 52.7 Å². The number of para-hydroxylation sites is 2. The second-order valence-electron chi connectivity index (χ2n) is 12.6. The van der Waals surface area contributed by atoms with Crippen molar-refractivity contribution in [2.45, 2.75) is 52.4 Å². The lowest BCUT2D eigenvalue weighted by Crippen LogP contribution is -2.17. The van der Waals surface area contributed by atoms with Gasteiger partial charge in [-0.3, -0.25) is 4.57 Å². The number of ether oxygens (including phenoxy) is 1. The van der Waals surface area contributed by atoms with Gasteiger partial charge in [0, 0.05) is 34.0 Å². The van der Waals surface area contributed by atoms with E-state index >= 15 is 0 Å². The standard InChI is InChI=1S/C36H35N3O2/c1-35(2,3)23-21-26(34(40)27(22-23)36(4,5)6)28-15-11-19-32(37-28)41-33-20-12-18-31(38-33)39-29-16-9-7-13-24(29)25-14-8-10-17-30(25)39/h7-22,40H,1-6H3. The molecule has 0 saturated carbocycles. The van der Waals surface area contributed by atoms with Crippen molar-refractivity contribution in [1.29, 1.82) is 0 Å². The Balaban J connectivity index is 1.40. The topological polar surface area (TPSA) is 60.2 Å². The molecular weight excluding hydrogens is 506 g/mol. The lowest BCUT2D eigenvalue weighted by atomic mass is 9.78. The summed E-state index contributed by atoms with van der Waals surface area (Å²) in [4.78, 5) is 9.68. The first-order valence-corrected chi connectivity index (χ1v) is 14.0. The molecule has 0 aliphatic rings. The predicted molar refractivity (Wildman–Crippen MR) is 167 cm³/mol. The van der Waals surface area contributed by atoms with Crippen LogP contribution in [0.2, 0.25) is 0 Å². The van der Waals surface area contributed by atoms with Crippen LogP contribution < -0.4 is 4.74 Å². The number of aromatic nitrogens is 3. The fraction of sp³-hybridized carbons (Fsp3) is 0.222. The molecular formula is C36H35N3O2. The van der Waals surface area contributed by atoms with E-state index in [0.29, 0.717) is 23.0 Å². The first kappa shape index (κ1) is 26.6. The lowest BCUT2D eigenvalue weighted by Gasteiger charge is -2.27. The van der Waals surface area contributed by atoms with Gasteiger partial charge in [-0.25, -0.2) is 4.98 Å². The molecule has 3 heterocycles. The summed E-state index contributed by atoms with van der Waals surface area (Å²) in [5.41, 5.74) is 5.23. The molecule has 5 nitrogen and oxygen atoms in total. The Hall–Kier alpha value is -4.64. The maximum atomic E-state index is 11.4. The van der Waals surface area contributed by atoms with E-state index in [2.05, 4.69) is 88.6 Å². The third-order valence-corrected chi connectivity index (χ3v) is 7.51. The smallest absolute Gasteiger partial charge is 0.223 e. The quantitative estimate of drug-likeness (QED) is 0.242. The van der Waals surface area contributed by atoms with E-state index in [9.17, 15) is 5.11 Å². The highest BCUT2D eigenvalue weighted by Crippen LogP contribution is 2.42. The Morgan fingerprint density at radius 2 is 1.22 bits per heavy atom. The average Bonchev–Trinajstić information content (AvgIpc) is 3.27. The van der Waals surface area contributed by atoms with Crippen LogP contribution >= 0.6 is 0 Å². The maximum Gasteiger partial charge on any atom is 0.223 e. The third kappa shape index (κ3) is 4.93. The van der Waals surface area contributed by atoms with Crippen molar-refractivity contribution in [1.82, 2.24) is 14.5 Å². The molecule has 0 aliphatic carbocycles. The van der Waals surface area contributed by atoms with Crippen molar-refractivity contribution < 1.29 is 9.84 Å². The summed E-state index contributed by atoms with van der Waals surface area (Å²) < 4.78 is 8.38. The molecule has 0 radical (unpaired) electrons. The van der Waals surface area contributed by atoms with Gasteiger partial charge >= 0.3 is 0 Å². The highest BCUT2D eigenvalue weighted by atomic mass is 16.5. The van der Waals surface area contributed by atoms with E-state index in [0.717, 1.165) is 28.0 Å². The normalized spacial score (nSPS) is 12.2. The van der Waals surface area contributed by atoms with Crippen molar-refractivity contribution in [3.63, 3.8) is 0 Å². The number of nitrogens with zero attached hydrogens (tertiary/aromatic N) is 3. The molecule has 6 aromatic rings. The molecule has 0 fully saturated rings. The van der Waals surface area contributed by atoms with E-state index in [1.807, 2.05) is 54.6 Å². The summed E-state index contributed by atoms with van der Waals surface area (Å²) in [6, 6.07) is 32.2. The molecule has 0 aliphatic heterocycles. The van der Waals surface area contributed by atoms with Gasteiger partial charge in [0.1, 0.15) is 11.6 Å². The number of phenols is 1.